The summed E-state index contributed by atoms with van der Waals surface area (Å²) in [4.78, 5) is 12.2. The average molecular weight is 256 g/mol. The minimum absolute atomic E-state index is 0.0341. The van der Waals surface area contributed by atoms with Gasteiger partial charge in [0.2, 0.25) is 5.91 Å². The molecule has 19 heavy (non-hydrogen) atoms. The van der Waals surface area contributed by atoms with Crippen LogP contribution in [-0.4, -0.2) is 21.7 Å². The molecule has 3 rings (SSSR count). The summed E-state index contributed by atoms with van der Waals surface area (Å²) in [5.74, 6) is 0.557. The van der Waals surface area contributed by atoms with E-state index >= 15 is 0 Å². The van der Waals surface area contributed by atoms with Crippen molar-refractivity contribution >= 4 is 11.7 Å². The summed E-state index contributed by atoms with van der Waals surface area (Å²) in [5, 5.41) is 10.2. The normalized spacial score (nSPS) is 17.8. The number of aromatic nitrogens is 2. The van der Waals surface area contributed by atoms with E-state index in [0.29, 0.717) is 5.82 Å². The second-order valence-electron chi connectivity index (χ2n) is 4.77. The molecule has 2 N–H and O–H groups in total. The monoisotopic (exact) mass is 256 g/mol. The Bertz CT molecular complexity index is 605. The summed E-state index contributed by atoms with van der Waals surface area (Å²) in [6, 6.07) is 9.80. The Morgan fingerprint density at radius 3 is 2.89 bits per heavy atom. The zero-order valence-electron chi connectivity index (χ0n) is 10.8. The predicted molar refractivity (Wildman–Crippen MR) is 72.6 cm³/mol. The Kier molecular flexibility index (Phi) is 3.05. The van der Waals surface area contributed by atoms with Gasteiger partial charge in [-0.2, -0.15) is 5.10 Å². The van der Waals surface area contributed by atoms with E-state index in [4.69, 9.17) is 0 Å². The number of hydrogen-bond acceptors (Lipinski definition) is 3. The third kappa shape index (κ3) is 2.51. The molecule has 98 valence electrons. The molecule has 1 atom stereocenters. The molecule has 1 unspecified atom stereocenters. The van der Waals surface area contributed by atoms with Gasteiger partial charge in [-0.25, -0.2) is 0 Å². The summed E-state index contributed by atoms with van der Waals surface area (Å²) < 4.78 is 1.67. The van der Waals surface area contributed by atoms with Gasteiger partial charge in [-0.1, -0.05) is 24.3 Å². The number of rotatable bonds is 2. The van der Waals surface area contributed by atoms with Gasteiger partial charge in [-0.15, -0.1) is 0 Å². The van der Waals surface area contributed by atoms with Gasteiger partial charge in [-0.3, -0.25) is 9.48 Å². The first kappa shape index (κ1) is 11.9. The fourth-order valence-electron chi connectivity index (χ4n) is 2.33. The standard InChI is InChI=1S/C14H16N4O/c1-18-7-6-13(17-18)16-14(19)12-8-10-4-2-3-5-11(10)9-15-12/h2-7,12,15H,8-9H2,1H3,(H,16,17,19). The van der Waals surface area contributed by atoms with E-state index in [9.17, 15) is 4.79 Å². The number of amides is 1. The molecule has 1 aliphatic heterocycles. The lowest BCUT2D eigenvalue weighted by Gasteiger charge is -2.24. The number of carbonyl (C=O) groups excluding carboxylic acids is 1. The first-order chi connectivity index (χ1) is 9.22. The molecule has 0 spiro atoms. The van der Waals surface area contributed by atoms with E-state index in [1.165, 1.54) is 11.1 Å². The maximum atomic E-state index is 12.2. The largest absolute Gasteiger partial charge is 0.308 e. The molecule has 0 fully saturated rings. The summed E-state index contributed by atoms with van der Waals surface area (Å²) >= 11 is 0. The van der Waals surface area contributed by atoms with Crippen LogP contribution in [-0.2, 0) is 24.8 Å². The number of benzene rings is 1. The third-order valence-electron chi connectivity index (χ3n) is 3.36. The molecule has 0 bridgehead atoms. The van der Waals surface area contributed by atoms with Gasteiger partial charge >= 0.3 is 0 Å². The highest BCUT2D eigenvalue weighted by atomic mass is 16.2. The van der Waals surface area contributed by atoms with Crippen LogP contribution in [0, 0.1) is 0 Å². The van der Waals surface area contributed by atoms with Gasteiger partial charge in [0.05, 0.1) is 6.04 Å². The van der Waals surface area contributed by atoms with Crippen molar-refractivity contribution < 1.29 is 4.79 Å². The number of nitrogens with one attached hydrogen (secondary N) is 2. The van der Waals surface area contributed by atoms with Crippen LogP contribution in [0.25, 0.3) is 0 Å². The highest BCUT2D eigenvalue weighted by Crippen LogP contribution is 2.17. The van der Waals surface area contributed by atoms with Crippen LogP contribution in [0.1, 0.15) is 11.1 Å². The zero-order chi connectivity index (χ0) is 13.2. The topological polar surface area (TPSA) is 59.0 Å². The van der Waals surface area contributed by atoms with Crippen LogP contribution < -0.4 is 10.6 Å². The van der Waals surface area contributed by atoms with E-state index in [-0.39, 0.29) is 11.9 Å². The molecule has 2 aromatic rings. The van der Waals surface area contributed by atoms with Crippen LogP contribution in [0.4, 0.5) is 5.82 Å². The Balaban J connectivity index is 1.69. The lowest BCUT2D eigenvalue weighted by Crippen LogP contribution is -2.44. The number of hydrogen-bond donors (Lipinski definition) is 2. The highest BCUT2D eigenvalue weighted by molar-refractivity contribution is 5.94. The van der Waals surface area contributed by atoms with Gasteiger partial charge in [-0.05, 0) is 17.5 Å². The maximum Gasteiger partial charge on any atom is 0.243 e. The van der Waals surface area contributed by atoms with Gasteiger partial charge in [0.15, 0.2) is 5.82 Å². The zero-order valence-corrected chi connectivity index (χ0v) is 10.8. The van der Waals surface area contributed by atoms with Crippen molar-refractivity contribution in [3.63, 3.8) is 0 Å². The molecule has 5 nitrogen and oxygen atoms in total. The van der Waals surface area contributed by atoms with Gasteiger partial charge in [0.25, 0.3) is 0 Å². The first-order valence-electron chi connectivity index (χ1n) is 6.33. The number of anilines is 1. The van der Waals surface area contributed by atoms with Crippen LogP contribution in [0.5, 0.6) is 0 Å². The highest BCUT2D eigenvalue weighted by Gasteiger charge is 2.24. The molecule has 0 aliphatic carbocycles. The van der Waals surface area contributed by atoms with Crippen molar-refractivity contribution in [1.82, 2.24) is 15.1 Å². The van der Waals surface area contributed by atoms with Gasteiger partial charge in [0.1, 0.15) is 0 Å². The number of fused-ring (bicyclic) bond motifs is 1. The lowest BCUT2D eigenvalue weighted by atomic mass is 9.95. The molecule has 1 aromatic carbocycles. The lowest BCUT2D eigenvalue weighted by molar-refractivity contribution is -0.118. The number of nitrogens with zero attached hydrogens (tertiary/aromatic N) is 2. The second-order valence-corrected chi connectivity index (χ2v) is 4.77. The number of aryl methyl sites for hydroxylation is 1. The minimum Gasteiger partial charge on any atom is -0.308 e. The van der Waals surface area contributed by atoms with E-state index in [1.54, 1.807) is 16.9 Å². The van der Waals surface area contributed by atoms with Crippen LogP contribution >= 0.6 is 0 Å². The molecule has 1 aliphatic rings. The first-order valence-corrected chi connectivity index (χ1v) is 6.33. The molecule has 0 saturated carbocycles. The Labute approximate surface area is 111 Å². The van der Waals surface area contributed by atoms with Gasteiger partial charge < -0.3 is 10.6 Å². The summed E-state index contributed by atoms with van der Waals surface area (Å²) in [5.41, 5.74) is 2.51. The third-order valence-corrected chi connectivity index (χ3v) is 3.36. The van der Waals surface area contributed by atoms with Crippen LogP contribution in [0.3, 0.4) is 0 Å². The molecular formula is C14H16N4O. The van der Waals surface area contributed by atoms with Crippen LogP contribution in [0.15, 0.2) is 36.5 Å². The molecule has 2 heterocycles. The van der Waals surface area contributed by atoms with Crippen molar-refractivity contribution in [3.05, 3.63) is 47.7 Å². The van der Waals surface area contributed by atoms with E-state index in [0.717, 1.165) is 13.0 Å². The van der Waals surface area contributed by atoms with Crippen molar-refractivity contribution in [2.24, 2.45) is 7.05 Å². The fraction of sp³-hybridized carbons (Fsp3) is 0.286. The average Bonchev–Trinajstić information content (AvgIpc) is 2.83. The SMILES string of the molecule is Cn1ccc(NC(=O)C2Cc3ccccc3CN2)n1. The Morgan fingerprint density at radius 1 is 1.37 bits per heavy atom. The summed E-state index contributed by atoms with van der Waals surface area (Å²) in [6.07, 6.45) is 2.52. The second kappa shape index (κ2) is 4.85. The van der Waals surface area contributed by atoms with Gasteiger partial charge in [0, 0.05) is 25.9 Å². The Morgan fingerprint density at radius 2 is 2.16 bits per heavy atom. The van der Waals surface area contributed by atoms with Crippen molar-refractivity contribution in [2.45, 2.75) is 19.0 Å². The molecule has 0 saturated heterocycles. The molecule has 5 heteroatoms. The molecule has 1 aromatic heterocycles. The smallest absolute Gasteiger partial charge is 0.243 e. The number of carbonyl (C=O) groups is 1. The van der Waals surface area contributed by atoms with Crippen LogP contribution in [0.2, 0.25) is 0 Å². The quantitative estimate of drug-likeness (QED) is 0.845. The molecular weight excluding hydrogens is 240 g/mol. The Hall–Kier alpha value is -2.14. The van der Waals surface area contributed by atoms with E-state index in [2.05, 4.69) is 27.9 Å². The van der Waals surface area contributed by atoms with E-state index < -0.39 is 0 Å². The molecule has 1 amide bonds. The maximum absolute atomic E-state index is 12.2. The van der Waals surface area contributed by atoms with Crippen molar-refractivity contribution in [3.8, 4) is 0 Å². The molecule has 0 radical (unpaired) electrons. The minimum atomic E-state index is -0.197. The predicted octanol–water partition coefficient (Wildman–Crippen LogP) is 1.07. The fourth-order valence-corrected chi connectivity index (χ4v) is 2.33. The van der Waals surface area contributed by atoms with Crippen molar-refractivity contribution in [2.75, 3.05) is 5.32 Å². The summed E-state index contributed by atoms with van der Waals surface area (Å²) in [7, 11) is 1.82. The van der Waals surface area contributed by atoms with Crippen molar-refractivity contribution in [1.29, 1.82) is 0 Å². The van der Waals surface area contributed by atoms with E-state index in [1.807, 2.05) is 19.2 Å². The summed E-state index contributed by atoms with van der Waals surface area (Å²) in [6.45, 7) is 0.733.